The monoisotopic (exact) mass is 324 g/mol. The highest BCUT2D eigenvalue weighted by Gasteiger charge is 2.04. The molecule has 0 heterocycles. The Morgan fingerprint density at radius 2 is 1.46 bits per heavy atom. The minimum Gasteiger partial charge on any atom is -0.427 e. The van der Waals surface area contributed by atoms with E-state index in [1.807, 2.05) is 0 Å². The Morgan fingerprint density at radius 3 is 1.96 bits per heavy atom. The molecule has 24 heavy (non-hydrogen) atoms. The van der Waals surface area contributed by atoms with Crippen molar-refractivity contribution in [3.05, 3.63) is 54.1 Å². The molecule has 2 aromatic rings. The minimum atomic E-state index is -0.363. The first-order chi connectivity index (χ1) is 11.6. The van der Waals surface area contributed by atoms with E-state index in [1.165, 1.54) is 6.92 Å². The molecular weight excluding hydrogens is 304 g/mol. The Kier molecular flexibility index (Phi) is 6.37. The maximum absolute atomic E-state index is 11.9. The minimum absolute atomic E-state index is 0.154. The fourth-order valence-electron chi connectivity index (χ4n) is 2.06. The lowest BCUT2D eigenvalue weighted by Crippen LogP contribution is -2.00. The van der Waals surface area contributed by atoms with Crippen LogP contribution in [0.1, 0.15) is 43.5 Å². The SMILES string of the molecule is CCCCC(=O)c1ccc(N=Nc2ccc(OC(C)=O)cc2)cc1. The number of Topliss-reactive ketones (excluding diaryl/α,β-unsaturated/α-hetero) is 1. The van der Waals surface area contributed by atoms with Crippen molar-refractivity contribution in [2.24, 2.45) is 10.2 Å². The molecule has 0 saturated heterocycles. The van der Waals surface area contributed by atoms with Gasteiger partial charge in [-0.05, 0) is 55.0 Å². The molecule has 0 aliphatic carbocycles. The third-order valence-electron chi connectivity index (χ3n) is 3.33. The van der Waals surface area contributed by atoms with Gasteiger partial charge in [-0.3, -0.25) is 9.59 Å². The van der Waals surface area contributed by atoms with Crippen molar-refractivity contribution in [1.82, 2.24) is 0 Å². The molecular formula is C19H20N2O3. The highest BCUT2D eigenvalue weighted by atomic mass is 16.5. The number of carbonyl (C=O) groups is 2. The summed E-state index contributed by atoms with van der Waals surface area (Å²) in [5.74, 6) is 0.260. The Bertz CT molecular complexity index is 719. The average Bonchev–Trinajstić information content (AvgIpc) is 2.59. The fraction of sp³-hybridized carbons (Fsp3) is 0.263. The van der Waals surface area contributed by atoms with Gasteiger partial charge in [0, 0.05) is 18.9 Å². The van der Waals surface area contributed by atoms with Crippen LogP contribution in [0.25, 0.3) is 0 Å². The van der Waals surface area contributed by atoms with Crippen molar-refractivity contribution in [2.75, 3.05) is 0 Å². The first-order valence-electron chi connectivity index (χ1n) is 7.92. The van der Waals surface area contributed by atoms with E-state index in [4.69, 9.17) is 4.74 Å². The Morgan fingerprint density at radius 1 is 0.917 bits per heavy atom. The van der Waals surface area contributed by atoms with Crippen LogP contribution in [0.2, 0.25) is 0 Å². The molecule has 0 aliphatic rings. The van der Waals surface area contributed by atoms with E-state index in [0.29, 0.717) is 29.1 Å². The third kappa shape index (κ3) is 5.43. The van der Waals surface area contributed by atoms with E-state index in [2.05, 4.69) is 17.2 Å². The molecule has 2 aromatic carbocycles. The number of nitrogens with zero attached hydrogens (tertiary/aromatic N) is 2. The molecule has 0 N–H and O–H groups in total. The van der Waals surface area contributed by atoms with Crippen LogP contribution >= 0.6 is 0 Å². The largest absolute Gasteiger partial charge is 0.427 e. The number of azo groups is 1. The van der Waals surface area contributed by atoms with E-state index in [-0.39, 0.29) is 11.8 Å². The molecule has 0 radical (unpaired) electrons. The average molecular weight is 324 g/mol. The van der Waals surface area contributed by atoms with Gasteiger partial charge < -0.3 is 4.74 Å². The lowest BCUT2D eigenvalue weighted by molar-refractivity contribution is -0.131. The summed E-state index contributed by atoms with van der Waals surface area (Å²) in [6.07, 6.45) is 2.49. The van der Waals surface area contributed by atoms with Crippen molar-refractivity contribution in [3.8, 4) is 5.75 Å². The van der Waals surface area contributed by atoms with Crippen molar-refractivity contribution in [1.29, 1.82) is 0 Å². The van der Waals surface area contributed by atoms with Gasteiger partial charge in [-0.25, -0.2) is 0 Å². The lowest BCUT2D eigenvalue weighted by atomic mass is 10.1. The molecule has 0 atom stereocenters. The second kappa shape index (κ2) is 8.72. The maximum Gasteiger partial charge on any atom is 0.308 e. The Hall–Kier alpha value is -2.82. The van der Waals surface area contributed by atoms with Crippen molar-refractivity contribution >= 4 is 23.1 Å². The molecule has 0 fully saturated rings. The van der Waals surface area contributed by atoms with Gasteiger partial charge in [-0.15, -0.1) is 0 Å². The van der Waals surface area contributed by atoms with Gasteiger partial charge in [0.05, 0.1) is 11.4 Å². The summed E-state index contributed by atoms with van der Waals surface area (Å²) in [7, 11) is 0. The van der Waals surface area contributed by atoms with Gasteiger partial charge >= 0.3 is 5.97 Å². The fourth-order valence-corrected chi connectivity index (χ4v) is 2.06. The topological polar surface area (TPSA) is 68.1 Å². The number of carbonyl (C=O) groups excluding carboxylic acids is 2. The quantitative estimate of drug-likeness (QED) is 0.296. The molecule has 5 nitrogen and oxygen atoms in total. The predicted octanol–water partition coefficient (Wildman–Crippen LogP) is 5.40. The van der Waals surface area contributed by atoms with E-state index < -0.39 is 0 Å². The number of unbranched alkanes of at least 4 members (excludes halogenated alkanes) is 1. The normalized spacial score (nSPS) is 10.8. The zero-order chi connectivity index (χ0) is 17.4. The van der Waals surface area contributed by atoms with E-state index in [0.717, 1.165) is 12.8 Å². The van der Waals surface area contributed by atoms with Crippen LogP contribution in [0, 0.1) is 0 Å². The summed E-state index contributed by atoms with van der Waals surface area (Å²) in [5, 5.41) is 8.26. The number of ketones is 1. The smallest absolute Gasteiger partial charge is 0.308 e. The van der Waals surface area contributed by atoms with Gasteiger partial charge in [0.1, 0.15) is 5.75 Å². The van der Waals surface area contributed by atoms with Gasteiger partial charge in [0.2, 0.25) is 0 Å². The maximum atomic E-state index is 11.9. The van der Waals surface area contributed by atoms with E-state index in [9.17, 15) is 9.59 Å². The van der Waals surface area contributed by atoms with Crippen LogP contribution in [-0.2, 0) is 4.79 Å². The van der Waals surface area contributed by atoms with Crippen LogP contribution in [0.3, 0.4) is 0 Å². The van der Waals surface area contributed by atoms with Crippen LogP contribution < -0.4 is 4.74 Å². The van der Waals surface area contributed by atoms with Gasteiger partial charge in [0.15, 0.2) is 5.78 Å². The summed E-state index contributed by atoms with van der Waals surface area (Å²) in [5.41, 5.74) is 2.02. The molecule has 0 spiro atoms. The lowest BCUT2D eigenvalue weighted by Gasteiger charge is -2.01. The summed E-state index contributed by atoms with van der Waals surface area (Å²) >= 11 is 0. The van der Waals surface area contributed by atoms with Crippen molar-refractivity contribution in [3.63, 3.8) is 0 Å². The molecule has 0 aliphatic heterocycles. The van der Waals surface area contributed by atoms with Crippen LogP contribution in [-0.4, -0.2) is 11.8 Å². The van der Waals surface area contributed by atoms with Crippen LogP contribution in [0.15, 0.2) is 58.8 Å². The number of ether oxygens (including phenoxy) is 1. The molecule has 124 valence electrons. The number of esters is 1. The molecule has 0 aromatic heterocycles. The molecule has 5 heteroatoms. The third-order valence-corrected chi connectivity index (χ3v) is 3.33. The highest BCUT2D eigenvalue weighted by Crippen LogP contribution is 2.22. The van der Waals surface area contributed by atoms with Gasteiger partial charge in [-0.1, -0.05) is 13.3 Å². The second-order valence-electron chi connectivity index (χ2n) is 5.36. The van der Waals surface area contributed by atoms with Gasteiger partial charge in [-0.2, -0.15) is 10.2 Å². The number of benzene rings is 2. The zero-order valence-corrected chi connectivity index (χ0v) is 13.9. The summed E-state index contributed by atoms with van der Waals surface area (Å²) in [6.45, 7) is 3.42. The molecule has 0 unspecified atom stereocenters. The Labute approximate surface area is 141 Å². The molecule has 2 rings (SSSR count). The first kappa shape index (κ1) is 17.5. The first-order valence-corrected chi connectivity index (χ1v) is 7.92. The standard InChI is InChI=1S/C19H20N2O3/c1-3-4-5-19(23)15-6-8-16(9-7-15)20-21-17-10-12-18(13-11-17)24-14(2)22/h6-13H,3-5H2,1-2H3. The molecule has 0 bridgehead atoms. The van der Waals surface area contributed by atoms with Crippen molar-refractivity contribution < 1.29 is 14.3 Å². The van der Waals surface area contributed by atoms with E-state index >= 15 is 0 Å². The summed E-state index contributed by atoms with van der Waals surface area (Å²) < 4.78 is 4.95. The van der Waals surface area contributed by atoms with Gasteiger partial charge in [0.25, 0.3) is 0 Å². The Balaban J connectivity index is 1.98. The highest BCUT2D eigenvalue weighted by molar-refractivity contribution is 5.96. The predicted molar refractivity (Wildman–Crippen MR) is 92.2 cm³/mol. The number of hydrogen-bond acceptors (Lipinski definition) is 5. The molecule has 0 saturated carbocycles. The molecule has 0 amide bonds. The second-order valence-corrected chi connectivity index (χ2v) is 5.36. The van der Waals surface area contributed by atoms with Crippen molar-refractivity contribution in [2.45, 2.75) is 33.1 Å². The summed E-state index contributed by atoms with van der Waals surface area (Å²) in [4.78, 5) is 22.8. The van der Waals surface area contributed by atoms with Crippen LogP contribution in [0.5, 0.6) is 5.75 Å². The number of hydrogen-bond donors (Lipinski definition) is 0. The summed E-state index contributed by atoms with van der Waals surface area (Å²) in [6, 6.07) is 13.8. The zero-order valence-electron chi connectivity index (χ0n) is 13.9. The van der Waals surface area contributed by atoms with E-state index in [1.54, 1.807) is 48.5 Å². The number of rotatable bonds is 7. The van der Waals surface area contributed by atoms with Crippen LogP contribution in [0.4, 0.5) is 11.4 Å².